The smallest absolute Gasteiger partial charge is 1.00 e. The van der Waals surface area contributed by atoms with Gasteiger partial charge in [-0.2, -0.15) is 0 Å². The fraction of sp³-hybridized carbons (Fsp3) is 0.451. The van der Waals surface area contributed by atoms with Gasteiger partial charge >= 0.3 is 339 Å². The molecule has 0 amide bonds. The Bertz CT molecular complexity index is 1940. The molecule has 0 bridgehead atoms. The minimum atomic E-state index is -2.30. The molecule has 0 aliphatic heterocycles. The van der Waals surface area contributed by atoms with Gasteiger partial charge in [0.05, 0.1) is 0 Å². The van der Waals surface area contributed by atoms with Crippen LogP contribution in [-0.4, -0.2) is 17.6 Å². The monoisotopic (exact) mass is 882 g/mol. The number of halogens is 2. The number of ether oxygens (including phenoxy) is 1. The fourth-order valence-corrected chi connectivity index (χ4v) is 32.6. The number of hydrogen-bond donors (Lipinski definition) is 0. The molecule has 0 heterocycles. The zero-order chi connectivity index (χ0) is 39.0. The summed E-state index contributed by atoms with van der Waals surface area (Å²) in [5, 5.41) is 0. The van der Waals surface area contributed by atoms with Gasteiger partial charge in [0.2, 0.25) is 0 Å². The standard InChI is InChI=1S/2C20H21.C11H24OSi.2ClH.Zr/c2*1-14-12-16-6-5-7-18(19(16)13-14)15-8-10-17(11-9-15)20(2,3)4;1-11(2,3)12-9-7-5-6-8-10-13-4;;;/h2*5-13H,1-4H3;5-10H2,1-4H3;2*1H;/q;;;;;+2/p-2. The maximum atomic E-state index is 6.05. The first-order chi connectivity index (χ1) is 25.4. The molecule has 6 rings (SSSR count). The van der Waals surface area contributed by atoms with Gasteiger partial charge in [-0.1, -0.05) is 0 Å². The Morgan fingerprint density at radius 1 is 0.554 bits per heavy atom. The topological polar surface area (TPSA) is 9.23 Å². The van der Waals surface area contributed by atoms with Crippen molar-refractivity contribution in [3.05, 3.63) is 129 Å². The summed E-state index contributed by atoms with van der Waals surface area (Å²) >= 11 is -2.30. The number of rotatable bonds is 11. The Kier molecular flexibility index (Phi) is 15.8. The van der Waals surface area contributed by atoms with Gasteiger partial charge in [0, 0.05) is 0 Å². The van der Waals surface area contributed by atoms with Crippen LogP contribution in [0.4, 0.5) is 0 Å². The Balaban J connectivity index is 0.00000348. The van der Waals surface area contributed by atoms with Crippen molar-refractivity contribution in [2.75, 3.05) is 6.61 Å². The van der Waals surface area contributed by atoms with E-state index in [9.17, 15) is 0 Å². The van der Waals surface area contributed by atoms with E-state index >= 15 is 0 Å². The first kappa shape index (κ1) is 46.7. The van der Waals surface area contributed by atoms with Gasteiger partial charge in [0.15, 0.2) is 0 Å². The van der Waals surface area contributed by atoms with Crippen LogP contribution in [0.2, 0.25) is 12.6 Å². The summed E-state index contributed by atoms with van der Waals surface area (Å²) in [6.07, 6.45) is 10.3. The predicted molar refractivity (Wildman–Crippen MR) is 235 cm³/mol. The van der Waals surface area contributed by atoms with Crippen molar-refractivity contribution in [1.29, 1.82) is 0 Å². The molecule has 0 saturated heterocycles. The van der Waals surface area contributed by atoms with Gasteiger partial charge in [0.1, 0.15) is 0 Å². The Labute approximate surface area is 361 Å². The third-order valence-corrected chi connectivity index (χ3v) is 33.2. The molecular weight excluding hydrogens is 819 g/mol. The maximum absolute atomic E-state index is 6.05. The Morgan fingerprint density at radius 3 is 1.36 bits per heavy atom. The molecule has 0 N–H and O–H groups in total. The number of hydrogen-bond acceptors (Lipinski definition) is 1. The van der Waals surface area contributed by atoms with E-state index in [1.54, 1.807) is 22.3 Å². The second-order valence-electron chi connectivity index (χ2n) is 19.3. The molecule has 5 heteroatoms. The molecule has 1 nitrogen and oxygen atoms in total. The number of allylic oxidation sites excluding steroid dienone is 2. The van der Waals surface area contributed by atoms with Crippen molar-refractivity contribution in [2.45, 2.75) is 138 Å². The molecule has 56 heavy (non-hydrogen) atoms. The normalized spacial score (nSPS) is 16.1. The zero-order valence-corrected chi connectivity index (χ0v) is 41.3. The molecule has 2 aliphatic rings. The molecule has 2 unspecified atom stereocenters. The molecule has 0 fully saturated rings. The molecule has 298 valence electrons. The summed E-state index contributed by atoms with van der Waals surface area (Å²) in [6, 6.07) is 34.7. The van der Waals surface area contributed by atoms with Crippen molar-refractivity contribution in [1.82, 2.24) is 0 Å². The van der Waals surface area contributed by atoms with Gasteiger partial charge < -0.3 is 24.8 Å². The second kappa shape index (κ2) is 18.9. The van der Waals surface area contributed by atoms with Crippen LogP contribution in [0.15, 0.2) is 96.1 Å². The number of fused-ring (bicyclic) bond motifs is 2. The molecular formula is C51H66Cl2OSiZr. The summed E-state index contributed by atoms with van der Waals surface area (Å²) in [7, 11) is 0. The first-order valence-corrected chi connectivity index (χ1v) is 29.3. The van der Waals surface area contributed by atoms with Crippen LogP contribution < -0.4 is 24.8 Å². The SMILES string of the molecule is CC1=Cc2c(-c3ccc(C(C)(C)C)cc3)cccc2[CH]1[Zr+2]([CH]1C(C)=Cc2c(-c3ccc(C(C)(C)C)cc3)cccc21)=[Si](C)CCCCCCOC(C)(C)C.[Cl-].[Cl-]. The average Bonchev–Trinajstić information content (AvgIpc) is 3.62. The summed E-state index contributed by atoms with van der Waals surface area (Å²) in [6.45, 7) is 28.9. The van der Waals surface area contributed by atoms with Crippen LogP contribution in [-0.2, 0) is 35.9 Å². The molecule has 2 aliphatic carbocycles. The summed E-state index contributed by atoms with van der Waals surface area (Å²) in [5.41, 5.74) is 17.4. The number of benzene rings is 4. The Hall–Kier alpha value is -2.00. The van der Waals surface area contributed by atoms with Gasteiger partial charge in [-0.15, -0.1) is 0 Å². The summed E-state index contributed by atoms with van der Waals surface area (Å²) in [5.74, 6) is 0. The molecule has 0 radical (unpaired) electrons. The molecule has 0 aromatic heterocycles. The van der Waals surface area contributed by atoms with Gasteiger partial charge in [0.25, 0.3) is 0 Å². The van der Waals surface area contributed by atoms with Crippen molar-refractivity contribution in [3.8, 4) is 22.3 Å². The van der Waals surface area contributed by atoms with Crippen molar-refractivity contribution < 1.29 is 49.9 Å². The van der Waals surface area contributed by atoms with E-state index < -0.39 is 25.8 Å². The van der Waals surface area contributed by atoms with E-state index in [1.807, 2.05) is 0 Å². The van der Waals surface area contributed by atoms with Crippen LogP contribution >= 0.6 is 0 Å². The average molecular weight is 885 g/mol. The minimum Gasteiger partial charge on any atom is -1.00 e. The van der Waals surface area contributed by atoms with Crippen LogP contribution in [0.5, 0.6) is 0 Å². The van der Waals surface area contributed by atoms with Gasteiger partial charge in [-0.05, 0) is 0 Å². The largest absolute Gasteiger partial charge is 1.00 e. The quantitative estimate of drug-likeness (QED) is 0.108. The van der Waals surface area contributed by atoms with E-state index in [1.165, 1.54) is 76.2 Å². The number of unbranched alkanes of at least 4 members (excludes halogenated alkanes) is 3. The van der Waals surface area contributed by atoms with Crippen molar-refractivity contribution in [3.63, 3.8) is 0 Å². The van der Waals surface area contributed by atoms with Crippen LogP contribution in [0, 0.1) is 0 Å². The summed E-state index contributed by atoms with van der Waals surface area (Å²) in [4.78, 5) is 0. The van der Waals surface area contributed by atoms with Gasteiger partial charge in [-0.25, -0.2) is 0 Å². The van der Waals surface area contributed by atoms with Crippen LogP contribution in [0.1, 0.15) is 142 Å². The van der Waals surface area contributed by atoms with E-state index in [0.29, 0.717) is 7.25 Å². The first-order valence-electron chi connectivity index (χ1n) is 20.6. The van der Waals surface area contributed by atoms with E-state index in [-0.39, 0.29) is 41.2 Å². The van der Waals surface area contributed by atoms with E-state index in [2.05, 4.69) is 180 Å². The van der Waals surface area contributed by atoms with Crippen LogP contribution in [0.25, 0.3) is 34.4 Å². The molecule has 0 saturated carbocycles. The fourth-order valence-electron chi connectivity index (χ4n) is 8.76. The Morgan fingerprint density at radius 2 is 0.964 bits per heavy atom. The molecule has 4 aromatic rings. The van der Waals surface area contributed by atoms with Gasteiger partial charge in [-0.3, -0.25) is 0 Å². The van der Waals surface area contributed by atoms with E-state index in [4.69, 9.17) is 4.74 Å². The molecule has 4 aromatic carbocycles. The van der Waals surface area contributed by atoms with Crippen molar-refractivity contribution >= 4 is 17.6 Å². The minimum absolute atomic E-state index is 0. The third kappa shape index (κ3) is 10.6. The third-order valence-electron chi connectivity index (χ3n) is 11.8. The molecule has 0 spiro atoms. The van der Waals surface area contributed by atoms with Crippen molar-refractivity contribution in [2.24, 2.45) is 0 Å². The van der Waals surface area contributed by atoms with E-state index in [0.717, 1.165) is 6.61 Å². The second-order valence-corrected chi connectivity index (χ2v) is 36.1. The zero-order valence-electron chi connectivity index (χ0n) is 36.3. The summed E-state index contributed by atoms with van der Waals surface area (Å²) < 4.78 is 7.28. The maximum Gasteiger partial charge on any atom is -1.00 e. The van der Waals surface area contributed by atoms with Crippen LogP contribution in [0.3, 0.4) is 0 Å². The molecule has 2 atom stereocenters. The predicted octanol–water partition coefficient (Wildman–Crippen LogP) is 8.85.